The second kappa shape index (κ2) is 8.82. The lowest BCUT2D eigenvalue weighted by Gasteiger charge is -2.29. The van der Waals surface area contributed by atoms with Crippen LogP contribution in [-0.2, 0) is 16.0 Å². The molecule has 3 atom stereocenters. The Morgan fingerprint density at radius 2 is 1.69 bits per heavy atom. The molecule has 1 amide bonds. The smallest absolute Gasteiger partial charge is 0.227 e. The molecule has 1 aliphatic rings. The molecular weight excluding hydrogens is 553 g/mol. The van der Waals surface area contributed by atoms with Gasteiger partial charge in [0.15, 0.2) is 5.78 Å². The van der Waals surface area contributed by atoms with Crippen LogP contribution in [0.25, 0.3) is 38.4 Å². The summed E-state index contributed by atoms with van der Waals surface area (Å²) in [7, 11) is 1.62. The predicted molar refractivity (Wildman–Crippen MR) is 148 cm³/mol. The van der Waals surface area contributed by atoms with Gasteiger partial charge in [-0.3, -0.25) is 14.4 Å². The number of likely N-dealkylation sites (N-methyl/N-ethyl adjacent to an activating group) is 1. The van der Waals surface area contributed by atoms with Crippen LogP contribution in [0.1, 0.15) is 51.6 Å². The van der Waals surface area contributed by atoms with Crippen molar-refractivity contribution in [1.29, 1.82) is 0 Å². The van der Waals surface area contributed by atoms with E-state index < -0.39 is 5.92 Å². The van der Waals surface area contributed by atoms with Crippen molar-refractivity contribution < 1.29 is 19.2 Å². The van der Waals surface area contributed by atoms with E-state index in [4.69, 9.17) is 0 Å². The molecular formula is C29H24INO4. The van der Waals surface area contributed by atoms with Crippen LogP contribution >= 0.6 is 22.6 Å². The molecule has 0 spiro atoms. The number of halogens is 1. The third kappa shape index (κ3) is 3.49. The molecule has 0 heterocycles. The van der Waals surface area contributed by atoms with Crippen LogP contribution in [0.15, 0.2) is 36.4 Å². The lowest BCUT2D eigenvalue weighted by atomic mass is 9.74. The summed E-state index contributed by atoms with van der Waals surface area (Å²) in [5, 5.41) is 9.43. The second-order valence-corrected chi connectivity index (χ2v) is 10.8. The van der Waals surface area contributed by atoms with Crippen molar-refractivity contribution in [2.24, 2.45) is 5.92 Å². The van der Waals surface area contributed by atoms with Crippen molar-refractivity contribution in [1.82, 2.24) is 5.32 Å². The fourth-order valence-electron chi connectivity index (χ4n) is 5.78. The summed E-state index contributed by atoms with van der Waals surface area (Å²) in [5.41, 5.74) is 2.87. The fourth-order valence-corrected chi connectivity index (χ4v) is 6.25. The molecule has 0 fully saturated rings. The van der Waals surface area contributed by atoms with E-state index in [0.717, 1.165) is 61.2 Å². The Kier molecular flexibility index (Phi) is 5.95. The monoisotopic (exact) mass is 577 g/mol. The number of hydrogen-bond acceptors (Lipinski definition) is 4. The molecule has 35 heavy (non-hydrogen) atoms. The number of carbonyl (C=O) groups excluding carboxylic acids is 4. The number of ketones is 1. The van der Waals surface area contributed by atoms with Gasteiger partial charge in [-0.15, -0.1) is 0 Å². The Labute approximate surface area is 216 Å². The molecule has 0 bridgehead atoms. The number of carbonyl (C=O) groups is 4. The van der Waals surface area contributed by atoms with Gasteiger partial charge in [0.2, 0.25) is 5.91 Å². The number of aldehydes is 2. The molecule has 0 radical (unpaired) electrons. The number of fused-ring (bicyclic) bond motifs is 2. The van der Waals surface area contributed by atoms with Crippen LogP contribution in [0.3, 0.4) is 0 Å². The zero-order valence-electron chi connectivity index (χ0n) is 19.6. The van der Waals surface area contributed by atoms with Gasteiger partial charge in [0.25, 0.3) is 0 Å². The van der Waals surface area contributed by atoms with Crippen LogP contribution in [-0.4, -0.2) is 35.2 Å². The van der Waals surface area contributed by atoms with E-state index in [-0.39, 0.29) is 21.5 Å². The van der Waals surface area contributed by atoms with Crippen LogP contribution in [0.5, 0.6) is 0 Å². The number of alkyl halides is 1. The summed E-state index contributed by atoms with van der Waals surface area (Å²) in [6.45, 7) is 3.56. The van der Waals surface area contributed by atoms with E-state index in [1.807, 2.05) is 31.2 Å². The number of hydrogen-bond donors (Lipinski definition) is 1. The summed E-state index contributed by atoms with van der Waals surface area (Å²) in [6, 6.07) is 11.6. The number of rotatable bonds is 6. The minimum absolute atomic E-state index is 0.0282. The van der Waals surface area contributed by atoms with Gasteiger partial charge in [0, 0.05) is 18.2 Å². The SMILES string of the molecule is CNC(=O)C1c2c(C=O)ccc3c2c(c2ccc(CC(I)C=O)c4c(C(C)=O)ccc3c42)=CC1C. The first-order chi connectivity index (χ1) is 16.8. The van der Waals surface area contributed by atoms with Crippen LogP contribution in [0.4, 0.5) is 0 Å². The standard InChI is InChI=1S/C29H24INO4/c1-14-10-23-22-6-4-16(11-18(30)13-33)25-19(15(2)34)8-9-21(27(22)25)20-7-5-17(12-32)26(28(20)23)24(14)29(35)31-3/h4-10,12-14,18,24H,11H2,1-3H3,(H,31,35). The highest BCUT2D eigenvalue weighted by atomic mass is 127. The van der Waals surface area contributed by atoms with Crippen molar-refractivity contribution in [3.63, 3.8) is 0 Å². The number of nitrogens with one attached hydrogen (secondary N) is 1. The molecule has 0 saturated carbocycles. The maximum atomic E-state index is 12.9. The Bertz CT molecular complexity index is 1640. The average molecular weight is 577 g/mol. The van der Waals surface area contributed by atoms with Gasteiger partial charge in [-0.2, -0.15) is 0 Å². The zero-order valence-corrected chi connectivity index (χ0v) is 21.8. The van der Waals surface area contributed by atoms with E-state index in [2.05, 4.69) is 40.1 Å². The topological polar surface area (TPSA) is 80.3 Å². The molecule has 5 rings (SSSR count). The van der Waals surface area contributed by atoms with Gasteiger partial charge in [-0.1, -0.05) is 72.0 Å². The van der Waals surface area contributed by atoms with E-state index in [9.17, 15) is 19.2 Å². The van der Waals surface area contributed by atoms with Crippen LogP contribution in [0.2, 0.25) is 0 Å². The third-order valence-corrected chi connectivity index (χ3v) is 7.97. The summed E-state index contributed by atoms with van der Waals surface area (Å²) in [6.07, 6.45) is 4.40. The van der Waals surface area contributed by atoms with Crippen molar-refractivity contribution in [2.45, 2.75) is 30.1 Å². The van der Waals surface area contributed by atoms with Crippen molar-refractivity contribution in [3.8, 4) is 0 Å². The van der Waals surface area contributed by atoms with Gasteiger partial charge >= 0.3 is 0 Å². The molecule has 5 nitrogen and oxygen atoms in total. The zero-order chi connectivity index (χ0) is 25.0. The Balaban J connectivity index is 2.03. The summed E-state index contributed by atoms with van der Waals surface area (Å²) in [4.78, 5) is 49.1. The molecule has 6 heteroatoms. The maximum Gasteiger partial charge on any atom is 0.227 e. The minimum atomic E-state index is -0.473. The first kappa shape index (κ1) is 23.6. The van der Waals surface area contributed by atoms with E-state index in [1.54, 1.807) is 20.0 Å². The van der Waals surface area contributed by atoms with Gasteiger partial charge < -0.3 is 10.1 Å². The normalized spacial score (nSPS) is 17.8. The summed E-state index contributed by atoms with van der Waals surface area (Å²) >= 11 is 2.12. The van der Waals surface area contributed by atoms with Crippen LogP contribution < -0.4 is 10.5 Å². The van der Waals surface area contributed by atoms with Gasteiger partial charge in [-0.25, -0.2) is 0 Å². The minimum Gasteiger partial charge on any atom is -0.359 e. The number of benzene rings is 4. The Morgan fingerprint density at radius 1 is 1.00 bits per heavy atom. The Hall–Kier alpha value is -3.13. The maximum absolute atomic E-state index is 12.9. The molecule has 0 aliphatic heterocycles. The van der Waals surface area contributed by atoms with Gasteiger partial charge in [0.1, 0.15) is 12.6 Å². The molecule has 0 saturated heterocycles. The highest BCUT2D eigenvalue weighted by Gasteiger charge is 2.33. The van der Waals surface area contributed by atoms with Crippen molar-refractivity contribution in [3.05, 3.63) is 63.9 Å². The fraction of sp³-hybridized carbons (Fsp3) is 0.241. The molecule has 176 valence electrons. The molecule has 0 aromatic heterocycles. The summed E-state index contributed by atoms with van der Waals surface area (Å²) in [5.74, 6) is -0.754. The molecule has 1 aliphatic carbocycles. The average Bonchev–Trinajstić information content (AvgIpc) is 2.86. The summed E-state index contributed by atoms with van der Waals surface area (Å²) < 4.78 is -0.204. The van der Waals surface area contributed by atoms with Crippen LogP contribution in [0, 0.1) is 5.92 Å². The molecule has 1 N–H and O–H groups in total. The third-order valence-electron chi connectivity index (χ3n) is 7.24. The van der Waals surface area contributed by atoms with Gasteiger partial charge in [0.05, 0.1) is 9.84 Å². The second-order valence-electron chi connectivity index (χ2n) is 9.24. The lowest BCUT2D eigenvalue weighted by Crippen LogP contribution is -2.34. The quantitative estimate of drug-likeness (QED) is 0.0902. The predicted octanol–water partition coefficient (Wildman–Crippen LogP) is 4.69. The first-order valence-corrected chi connectivity index (χ1v) is 12.8. The highest BCUT2D eigenvalue weighted by Crippen LogP contribution is 2.42. The van der Waals surface area contributed by atoms with E-state index >= 15 is 0 Å². The molecule has 4 aromatic rings. The number of amides is 1. The van der Waals surface area contributed by atoms with Crippen molar-refractivity contribution >= 4 is 85.2 Å². The number of Topliss-reactive ketones (excluding diaryl/α,β-unsaturated/α-hetero) is 1. The van der Waals surface area contributed by atoms with E-state index in [0.29, 0.717) is 17.5 Å². The molecule has 4 aromatic carbocycles. The Morgan fingerprint density at radius 3 is 2.34 bits per heavy atom. The van der Waals surface area contributed by atoms with E-state index in [1.165, 1.54) is 0 Å². The van der Waals surface area contributed by atoms with Gasteiger partial charge in [-0.05, 0) is 67.9 Å². The van der Waals surface area contributed by atoms with Crippen molar-refractivity contribution in [2.75, 3.05) is 7.05 Å². The lowest BCUT2D eigenvalue weighted by molar-refractivity contribution is -0.122. The first-order valence-electron chi connectivity index (χ1n) is 11.6. The highest BCUT2D eigenvalue weighted by molar-refractivity contribution is 14.1. The molecule has 3 unspecified atom stereocenters. The largest absolute Gasteiger partial charge is 0.359 e.